The highest BCUT2D eigenvalue weighted by Gasteiger charge is 2.13. The van der Waals surface area contributed by atoms with Gasteiger partial charge >= 0.3 is 5.97 Å². The molecular weight excluding hydrogens is 394 g/mol. The Hall–Kier alpha value is -3.73. The Labute approximate surface area is 168 Å². The zero-order valence-corrected chi connectivity index (χ0v) is 16.1. The normalized spacial score (nSPS) is 10.8. The van der Waals surface area contributed by atoms with E-state index >= 15 is 0 Å². The molecule has 0 saturated carbocycles. The monoisotopic (exact) mass is 409 g/mol. The van der Waals surface area contributed by atoms with E-state index in [2.05, 4.69) is 29.5 Å². The highest BCUT2D eigenvalue weighted by atomic mass is 32.1. The molecule has 29 heavy (non-hydrogen) atoms. The first-order valence-electron chi connectivity index (χ1n) is 8.60. The molecule has 1 N–H and O–H groups in total. The number of tetrazole rings is 1. The van der Waals surface area contributed by atoms with Gasteiger partial charge in [-0.3, -0.25) is 4.79 Å². The maximum Gasteiger partial charge on any atom is 0.330 e. The molecule has 0 saturated heterocycles. The third-order valence-corrected chi connectivity index (χ3v) is 4.50. The van der Waals surface area contributed by atoms with E-state index in [-0.39, 0.29) is 6.54 Å². The smallest absolute Gasteiger partial charge is 0.330 e. The minimum atomic E-state index is -0.651. The second-order valence-electron chi connectivity index (χ2n) is 6.16. The second-order valence-corrected chi connectivity index (χ2v) is 6.68. The van der Waals surface area contributed by atoms with Gasteiger partial charge in [0.25, 0.3) is 5.91 Å². The number of nitrogens with zero attached hydrogens (tertiary/aromatic N) is 6. The predicted molar refractivity (Wildman–Crippen MR) is 105 cm³/mol. The van der Waals surface area contributed by atoms with Crippen molar-refractivity contribution in [3.05, 3.63) is 48.0 Å². The third kappa shape index (κ3) is 4.41. The Morgan fingerprint density at radius 2 is 1.97 bits per heavy atom. The summed E-state index contributed by atoms with van der Waals surface area (Å²) in [7, 11) is 0. The van der Waals surface area contributed by atoms with Gasteiger partial charge < -0.3 is 10.1 Å². The lowest BCUT2D eigenvalue weighted by Gasteiger charge is -2.06. The van der Waals surface area contributed by atoms with Gasteiger partial charge in [0.1, 0.15) is 11.0 Å². The van der Waals surface area contributed by atoms with Crippen LogP contribution in [0, 0.1) is 6.92 Å². The molecule has 4 rings (SSSR count). The van der Waals surface area contributed by atoms with Gasteiger partial charge in [0.15, 0.2) is 13.2 Å². The van der Waals surface area contributed by atoms with Crippen molar-refractivity contribution in [3.8, 4) is 11.4 Å². The third-order valence-electron chi connectivity index (χ3n) is 3.96. The Balaban J connectivity index is 1.30. The van der Waals surface area contributed by atoms with Crippen LogP contribution in [0.2, 0.25) is 0 Å². The molecule has 0 aliphatic carbocycles. The first-order chi connectivity index (χ1) is 14.1. The van der Waals surface area contributed by atoms with E-state index in [9.17, 15) is 9.59 Å². The van der Waals surface area contributed by atoms with Crippen LogP contribution < -0.4 is 5.32 Å². The second kappa shape index (κ2) is 8.10. The van der Waals surface area contributed by atoms with E-state index in [1.165, 1.54) is 0 Å². The van der Waals surface area contributed by atoms with Crippen molar-refractivity contribution in [2.75, 3.05) is 11.9 Å². The molecule has 0 fully saturated rings. The molecule has 2 aromatic carbocycles. The molecule has 0 unspecified atom stereocenters. The van der Waals surface area contributed by atoms with Crippen molar-refractivity contribution in [2.45, 2.75) is 13.5 Å². The van der Waals surface area contributed by atoms with Gasteiger partial charge in [-0.1, -0.05) is 35.9 Å². The Kier molecular flexibility index (Phi) is 5.20. The van der Waals surface area contributed by atoms with Crippen molar-refractivity contribution in [3.63, 3.8) is 0 Å². The number of carbonyl (C=O) groups excluding carboxylic acids is 2. The number of hydrogen-bond donors (Lipinski definition) is 1. The predicted octanol–water partition coefficient (Wildman–Crippen LogP) is 1.84. The first kappa shape index (κ1) is 18.6. The van der Waals surface area contributed by atoms with E-state index in [0.29, 0.717) is 22.5 Å². The summed E-state index contributed by atoms with van der Waals surface area (Å²) in [4.78, 5) is 25.2. The standard InChI is InChI=1S/C18H15N7O3S/c1-11-5-7-12(8-6-11)18-20-24-25(21-18)9-16(27)28-10-15(26)19-13-3-2-4-14-17(13)23-29-22-14/h2-8H,9-10H2,1H3,(H,19,26). The van der Waals surface area contributed by atoms with Crippen LogP contribution in [0.25, 0.3) is 22.4 Å². The van der Waals surface area contributed by atoms with Gasteiger partial charge in [0, 0.05) is 5.56 Å². The summed E-state index contributed by atoms with van der Waals surface area (Å²) in [6, 6.07) is 12.9. The van der Waals surface area contributed by atoms with Crippen molar-refractivity contribution in [2.24, 2.45) is 0 Å². The molecule has 0 bridgehead atoms. The van der Waals surface area contributed by atoms with Crippen molar-refractivity contribution >= 4 is 40.3 Å². The molecule has 0 atom stereocenters. The molecule has 146 valence electrons. The summed E-state index contributed by atoms with van der Waals surface area (Å²) in [6.45, 7) is 1.29. The minimum Gasteiger partial charge on any atom is -0.454 e. The number of aromatic nitrogens is 6. The van der Waals surface area contributed by atoms with Crippen molar-refractivity contribution < 1.29 is 14.3 Å². The molecule has 11 heteroatoms. The van der Waals surface area contributed by atoms with Gasteiger partial charge in [-0.25, -0.2) is 4.79 Å². The average Bonchev–Trinajstić information content (AvgIpc) is 3.37. The summed E-state index contributed by atoms with van der Waals surface area (Å²) in [5, 5.41) is 14.6. The molecule has 0 spiro atoms. The summed E-state index contributed by atoms with van der Waals surface area (Å²) >= 11 is 1.06. The number of benzene rings is 2. The van der Waals surface area contributed by atoms with Crippen molar-refractivity contribution in [1.82, 2.24) is 29.0 Å². The Morgan fingerprint density at radius 3 is 2.79 bits per heavy atom. The van der Waals surface area contributed by atoms with E-state index in [1.54, 1.807) is 18.2 Å². The van der Waals surface area contributed by atoms with Crippen LogP contribution in [0.1, 0.15) is 5.56 Å². The van der Waals surface area contributed by atoms with Gasteiger partial charge in [-0.2, -0.15) is 13.5 Å². The number of carbonyl (C=O) groups is 2. The maximum absolute atomic E-state index is 12.1. The number of amides is 1. The molecule has 0 radical (unpaired) electrons. The number of rotatable bonds is 6. The summed E-state index contributed by atoms with van der Waals surface area (Å²) < 4.78 is 13.2. The zero-order valence-electron chi connectivity index (χ0n) is 15.3. The Bertz CT molecular complexity index is 1170. The molecule has 10 nitrogen and oxygen atoms in total. The lowest BCUT2D eigenvalue weighted by molar-refractivity contribution is -0.148. The topological polar surface area (TPSA) is 125 Å². The fourth-order valence-corrected chi connectivity index (χ4v) is 3.08. The number of esters is 1. The summed E-state index contributed by atoms with van der Waals surface area (Å²) in [5.74, 6) is -0.729. The summed E-state index contributed by atoms with van der Waals surface area (Å²) in [5.41, 5.74) is 3.70. The minimum absolute atomic E-state index is 0.252. The molecule has 0 aliphatic rings. The quantitative estimate of drug-likeness (QED) is 0.478. The van der Waals surface area contributed by atoms with Crippen LogP contribution in [0.3, 0.4) is 0 Å². The number of hydrogen-bond acceptors (Lipinski definition) is 9. The number of anilines is 1. The largest absolute Gasteiger partial charge is 0.454 e. The van der Waals surface area contributed by atoms with Crippen LogP contribution in [0.15, 0.2) is 42.5 Å². The number of fused-ring (bicyclic) bond motifs is 1. The number of nitrogens with one attached hydrogen (secondary N) is 1. The van der Waals surface area contributed by atoms with E-state index < -0.39 is 18.5 Å². The fourth-order valence-electron chi connectivity index (χ4n) is 2.53. The zero-order chi connectivity index (χ0) is 20.2. The van der Waals surface area contributed by atoms with E-state index in [1.807, 2.05) is 31.2 Å². The number of aryl methyl sites for hydroxylation is 1. The lowest BCUT2D eigenvalue weighted by atomic mass is 10.1. The van der Waals surface area contributed by atoms with E-state index in [0.717, 1.165) is 27.7 Å². The molecule has 1 amide bonds. The highest BCUT2D eigenvalue weighted by Crippen LogP contribution is 2.21. The van der Waals surface area contributed by atoms with Crippen LogP contribution >= 0.6 is 11.7 Å². The SMILES string of the molecule is Cc1ccc(-c2nnn(CC(=O)OCC(=O)Nc3cccc4nsnc34)n2)cc1. The van der Waals surface area contributed by atoms with E-state index in [4.69, 9.17) is 4.74 Å². The number of ether oxygens (including phenoxy) is 1. The highest BCUT2D eigenvalue weighted by molar-refractivity contribution is 7.00. The van der Waals surface area contributed by atoms with Crippen molar-refractivity contribution in [1.29, 1.82) is 0 Å². The first-order valence-corrected chi connectivity index (χ1v) is 9.33. The van der Waals surface area contributed by atoms with Gasteiger partial charge in [-0.15, -0.1) is 10.2 Å². The van der Waals surface area contributed by atoms with Crippen LogP contribution in [0.5, 0.6) is 0 Å². The fraction of sp³-hybridized carbons (Fsp3) is 0.167. The van der Waals surface area contributed by atoms with Crippen LogP contribution in [-0.2, 0) is 20.9 Å². The Morgan fingerprint density at radius 1 is 1.14 bits per heavy atom. The summed E-state index contributed by atoms with van der Waals surface area (Å²) in [6.07, 6.45) is 0. The molecule has 4 aromatic rings. The van der Waals surface area contributed by atoms with Crippen LogP contribution in [-0.4, -0.2) is 47.4 Å². The lowest BCUT2D eigenvalue weighted by Crippen LogP contribution is -2.23. The van der Waals surface area contributed by atoms with Gasteiger partial charge in [-0.05, 0) is 24.3 Å². The van der Waals surface area contributed by atoms with Gasteiger partial charge in [0.05, 0.1) is 17.4 Å². The van der Waals surface area contributed by atoms with Crippen LogP contribution in [0.4, 0.5) is 5.69 Å². The molecular formula is C18H15N7O3S. The maximum atomic E-state index is 12.1. The molecule has 2 aromatic heterocycles. The average molecular weight is 409 g/mol. The molecule has 2 heterocycles. The molecule has 0 aliphatic heterocycles. The van der Waals surface area contributed by atoms with Gasteiger partial charge in [0.2, 0.25) is 5.82 Å².